The molecule has 0 radical (unpaired) electrons. The van der Waals surface area contributed by atoms with Crippen molar-refractivity contribution in [1.82, 2.24) is 9.97 Å². The first-order chi connectivity index (χ1) is 33.2. The second-order valence-corrected chi connectivity index (χ2v) is 17.6. The highest BCUT2D eigenvalue weighted by Crippen LogP contribution is 2.56. The van der Waals surface area contributed by atoms with Crippen LogP contribution in [-0.2, 0) is 5.41 Å². The van der Waals surface area contributed by atoms with Crippen LogP contribution in [0, 0.1) is 0 Å². The van der Waals surface area contributed by atoms with Gasteiger partial charge in [-0.2, -0.15) is 0 Å². The number of benzene rings is 11. The summed E-state index contributed by atoms with van der Waals surface area (Å²) in [7, 11) is 0. The van der Waals surface area contributed by atoms with E-state index in [1.165, 1.54) is 82.4 Å². The molecule has 0 spiro atoms. The van der Waals surface area contributed by atoms with Crippen molar-refractivity contribution in [3.8, 4) is 67.3 Å². The zero-order valence-corrected chi connectivity index (χ0v) is 36.6. The minimum atomic E-state index is -0.523. The highest BCUT2D eigenvalue weighted by Gasteiger charge is 2.46. The van der Waals surface area contributed by atoms with Crippen molar-refractivity contribution in [3.05, 3.63) is 277 Å². The fourth-order valence-corrected chi connectivity index (χ4v) is 10.9. The van der Waals surface area contributed by atoms with Crippen LogP contribution in [0.3, 0.4) is 0 Å². The number of aromatic nitrogens is 2. The SMILES string of the molecule is c1ccc(-c2ccc(-c3nc(-c4ccc(-c5c6ccccc6cc6c5ccc5ccccc56)cc4)cc(-c4ccc5c(c4)C(c4ccccc4)(c4ccccc4)c4ccccc4-5)n3)cc2)cc1. The van der Waals surface area contributed by atoms with Gasteiger partial charge in [0, 0.05) is 16.7 Å². The van der Waals surface area contributed by atoms with E-state index < -0.39 is 5.41 Å². The highest BCUT2D eigenvalue weighted by atomic mass is 14.9. The van der Waals surface area contributed by atoms with Gasteiger partial charge in [-0.25, -0.2) is 9.97 Å². The molecule has 0 atom stereocenters. The Hall–Kier alpha value is -8.72. The lowest BCUT2D eigenvalue weighted by atomic mass is 9.67. The van der Waals surface area contributed by atoms with Crippen LogP contribution in [0.2, 0.25) is 0 Å². The van der Waals surface area contributed by atoms with Crippen LogP contribution >= 0.6 is 0 Å². The molecule has 1 aromatic heterocycles. The summed E-state index contributed by atoms with van der Waals surface area (Å²) in [5.41, 5.74) is 16.5. The summed E-state index contributed by atoms with van der Waals surface area (Å²) in [6.07, 6.45) is 0. The van der Waals surface area contributed by atoms with Gasteiger partial charge in [-0.1, -0.05) is 237 Å². The molecule has 2 heteroatoms. The molecule has 0 N–H and O–H groups in total. The van der Waals surface area contributed by atoms with Gasteiger partial charge in [-0.3, -0.25) is 0 Å². The molecule has 1 aliphatic rings. The van der Waals surface area contributed by atoms with Crippen molar-refractivity contribution < 1.29 is 0 Å². The van der Waals surface area contributed by atoms with E-state index >= 15 is 0 Å². The van der Waals surface area contributed by atoms with Gasteiger partial charge < -0.3 is 0 Å². The maximum Gasteiger partial charge on any atom is 0.160 e. The first-order valence-corrected chi connectivity index (χ1v) is 23.1. The Morgan fingerprint density at radius 1 is 0.269 bits per heavy atom. The van der Waals surface area contributed by atoms with Crippen molar-refractivity contribution in [1.29, 1.82) is 0 Å². The van der Waals surface area contributed by atoms with E-state index in [2.05, 4.69) is 255 Å². The molecule has 2 nitrogen and oxygen atoms in total. The highest BCUT2D eigenvalue weighted by molar-refractivity contribution is 6.20. The zero-order chi connectivity index (χ0) is 44.3. The molecule has 0 unspecified atom stereocenters. The van der Waals surface area contributed by atoms with E-state index in [0.29, 0.717) is 5.82 Å². The van der Waals surface area contributed by atoms with Gasteiger partial charge in [0.15, 0.2) is 5.82 Å². The zero-order valence-electron chi connectivity index (χ0n) is 36.6. The number of fused-ring (bicyclic) bond motifs is 7. The first kappa shape index (κ1) is 38.7. The van der Waals surface area contributed by atoms with Crippen LogP contribution in [0.25, 0.3) is 99.6 Å². The van der Waals surface area contributed by atoms with Gasteiger partial charge in [-0.15, -0.1) is 0 Å². The van der Waals surface area contributed by atoms with Gasteiger partial charge in [0.1, 0.15) is 0 Å². The number of hydrogen-bond donors (Lipinski definition) is 0. The molecule has 0 aliphatic heterocycles. The third-order valence-corrected chi connectivity index (χ3v) is 14.0. The average Bonchev–Trinajstić information content (AvgIpc) is 3.71. The lowest BCUT2D eigenvalue weighted by Crippen LogP contribution is -2.28. The van der Waals surface area contributed by atoms with Crippen LogP contribution < -0.4 is 0 Å². The largest absolute Gasteiger partial charge is 0.228 e. The predicted octanol–water partition coefficient (Wildman–Crippen LogP) is 16.6. The molecule has 0 fully saturated rings. The van der Waals surface area contributed by atoms with E-state index in [1.807, 2.05) is 0 Å². The van der Waals surface area contributed by atoms with Crippen LogP contribution in [-0.4, -0.2) is 9.97 Å². The summed E-state index contributed by atoms with van der Waals surface area (Å²) in [6, 6.07) is 92.5. The van der Waals surface area contributed by atoms with Crippen LogP contribution in [0.4, 0.5) is 0 Å². The normalized spacial score (nSPS) is 12.6. The minimum Gasteiger partial charge on any atom is -0.228 e. The van der Waals surface area contributed by atoms with E-state index in [-0.39, 0.29) is 0 Å². The molecule has 0 saturated heterocycles. The maximum absolute atomic E-state index is 5.42. The second-order valence-electron chi connectivity index (χ2n) is 17.6. The third kappa shape index (κ3) is 6.33. The van der Waals surface area contributed by atoms with Gasteiger partial charge in [-0.05, 0) is 106 Å². The van der Waals surface area contributed by atoms with E-state index in [9.17, 15) is 0 Å². The van der Waals surface area contributed by atoms with Crippen LogP contribution in [0.1, 0.15) is 22.3 Å². The minimum absolute atomic E-state index is 0.523. The summed E-state index contributed by atoms with van der Waals surface area (Å²) in [6.45, 7) is 0. The first-order valence-electron chi connectivity index (χ1n) is 23.1. The second kappa shape index (κ2) is 15.8. The predicted molar refractivity (Wildman–Crippen MR) is 279 cm³/mol. The smallest absolute Gasteiger partial charge is 0.160 e. The topological polar surface area (TPSA) is 25.8 Å². The maximum atomic E-state index is 5.42. The Kier molecular flexibility index (Phi) is 9.11. The molecule has 67 heavy (non-hydrogen) atoms. The van der Waals surface area contributed by atoms with Crippen molar-refractivity contribution in [2.45, 2.75) is 5.41 Å². The van der Waals surface area contributed by atoms with E-state index in [4.69, 9.17) is 9.97 Å². The monoisotopic (exact) mass is 850 g/mol. The summed E-state index contributed by atoms with van der Waals surface area (Å²) in [5, 5.41) is 7.49. The fourth-order valence-electron chi connectivity index (χ4n) is 10.9. The fraction of sp³-hybridized carbons (Fsp3) is 0.0154. The van der Waals surface area contributed by atoms with Crippen molar-refractivity contribution in [2.75, 3.05) is 0 Å². The standard InChI is InChI=1S/C65H42N2/c1-4-16-43(17-5-1)44-28-34-48(35-29-44)64-66-61(46-30-32-47(33-31-46)63-54-25-13-11-19-49(54)40-58-53-24-12-10-18-45(53)36-39-57(58)63)42-62(67-64)50-37-38-56-55-26-14-15-27-59(55)65(60(56)41-50,51-20-6-2-7-21-51)52-22-8-3-9-23-52/h1-42H. The Labute approximate surface area is 390 Å². The average molecular weight is 851 g/mol. The quantitative estimate of drug-likeness (QED) is 0.118. The molecule has 1 aliphatic carbocycles. The van der Waals surface area contributed by atoms with Crippen LogP contribution in [0.15, 0.2) is 255 Å². The van der Waals surface area contributed by atoms with Gasteiger partial charge in [0.25, 0.3) is 0 Å². The molecular formula is C65H42N2. The third-order valence-electron chi connectivity index (χ3n) is 14.0. The molecule has 0 amide bonds. The Balaban J connectivity index is 0.990. The van der Waals surface area contributed by atoms with Crippen molar-refractivity contribution in [3.63, 3.8) is 0 Å². The van der Waals surface area contributed by atoms with Gasteiger partial charge in [0.2, 0.25) is 0 Å². The number of nitrogens with zero attached hydrogens (tertiary/aromatic N) is 2. The summed E-state index contributed by atoms with van der Waals surface area (Å²) < 4.78 is 0. The molecule has 0 bridgehead atoms. The van der Waals surface area contributed by atoms with Gasteiger partial charge >= 0.3 is 0 Å². The summed E-state index contributed by atoms with van der Waals surface area (Å²) in [5.74, 6) is 0.685. The Bertz CT molecular complexity index is 3780. The summed E-state index contributed by atoms with van der Waals surface area (Å²) in [4.78, 5) is 10.8. The molecule has 0 saturated carbocycles. The molecule has 1 heterocycles. The molecular weight excluding hydrogens is 809 g/mol. The lowest BCUT2D eigenvalue weighted by molar-refractivity contribution is 0.768. The molecule has 12 aromatic rings. The van der Waals surface area contributed by atoms with Gasteiger partial charge in [0.05, 0.1) is 16.8 Å². The lowest BCUT2D eigenvalue weighted by Gasteiger charge is -2.34. The Morgan fingerprint density at radius 2 is 0.791 bits per heavy atom. The Morgan fingerprint density at radius 3 is 1.52 bits per heavy atom. The number of rotatable bonds is 7. The van der Waals surface area contributed by atoms with E-state index in [1.54, 1.807) is 0 Å². The van der Waals surface area contributed by atoms with Crippen molar-refractivity contribution >= 4 is 32.3 Å². The molecule has 11 aromatic carbocycles. The van der Waals surface area contributed by atoms with Crippen LogP contribution in [0.5, 0.6) is 0 Å². The molecule has 13 rings (SSSR count). The summed E-state index contributed by atoms with van der Waals surface area (Å²) >= 11 is 0. The molecule has 312 valence electrons. The number of hydrogen-bond acceptors (Lipinski definition) is 2. The van der Waals surface area contributed by atoms with Crippen molar-refractivity contribution in [2.24, 2.45) is 0 Å². The van der Waals surface area contributed by atoms with E-state index in [0.717, 1.165) is 33.6 Å².